The molecule has 0 saturated carbocycles. The number of nitrogens with zero attached hydrogens (tertiary/aromatic N) is 1. The molecule has 0 aliphatic carbocycles. The maximum absolute atomic E-state index is 12.2. The molecule has 0 spiro atoms. The lowest BCUT2D eigenvalue weighted by Gasteiger charge is -2.38. The number of hydrogen-bond donors (Lipinski definition) is 2. The molecule has 8 heteroatoms. The molecule has 2 fully saturated rings. The molecule has 2 bridgehead atoms. The topological polar surface area (TPSA) is 70.7 Å². The second-order valence-corrected chi connectivity index (χ2v) is 7.81. The lowest BCUT2D eigenvalue weighted by molar-refractivity contribution is 0.0659. The molecule has 3 rings (SSSR count). The molecule has 27 heavy (non-hydrogen) atoms. The minimum Gasteiger partial charge on any atom is -0.450 e. The van der Waals surface area contributed by atoms with Gasteiger partial charge in [0, 0.05) is 36.8 Å². The highest BCUT2D eigenvalue weighted by atomic mass is 35.5. The molecule has 148 valence electrons. The highest BCUT2D eigenvalue weighted by Gasteiger charge is 2.43. The second kappa shape index (κ2) is 9.13. The Morgan fingerprint density at radius 3 is 2.48 bits per heavy atom. The number of carbonyl (C=O) groups is 2. The van der Waals surface area contributed by atoms with Crippen LogP contribution in [-0.4, -0.2) is 54.7 Å². The smallest absolute Gasteiger partial charge is 0.410 e. The van der Waals surface area contributed by atoms with E-state index in [4.69, 9.17) is 27.9 Å². The number of ether oxygens (including phenoxy) is 1. The van der Waals surface area contributed by atoms with Gasteiger partial charge in [0.15, 0.2) is 0 Å². The quantitative estimate of drug-likeness (QED) is 0.700. The SMILES string of the molecule is CCOC(=O)N1C2CCC1CC(NCCNC(=O)c1ccc(Cl)c(Cl)c1)C2. The van der Waals surface area contributed by atoms with Crippen molar-refractivity contribution < 1.29 is 14.3 Å². The minimum atomic E-state index is -0.183. The first kappa shape index (κ1) is 20.2. The van der Waals surface area contributed by atoms with Crippen molar-refractivity contribution in [2.45, 2.75) is 50.7 Å². The van der Waals surface area contributed by atoms with E-state index in [1.807, 2.05) is 11.8 Å². The van der Waals surface area contributed by atoms with Crippen LogP contribution in [0.2, 0.25) is 10.0 Å². The van der Waals surface area contributed by atoms with Crippen LogP contribution in [-0.2, 0) is 4.74 Å². The molecule has 6 nitrogen and oxygen atoms in total. The van der Waals surface area contributed by atoms with E-state index in [0.29, 0.717) is 41.3 Å². The average molecular weight is 414 g/mol. The second-order valence-electron chi connectivity index (χ2n) is 7.00. The third-order valence-corrected chi connectivity index (χ3v) is 5.98. The summed E-state index contributed by atoms with van der Waals surface area (Å²) in [4.78, 5) is 26.2. The number of hydrogen-bond acceptors (Lipinski definition) is 4. The fraction of sp³-hybridized carbons (Fsp3) is 0.579. The number of nitrogens with one attached hydrogen (secondary N) is 2. The molecule has 2 unspecified atom stereocenters. The zero-order chi connectivity index (χ0) is 19.4. The molecule has 0 aromatic heterocycles. The van der Waals surface area contributed by atoms with Crippen LogP contribution in [0.25, 0.3) is 0 Å². The van der Waals surface area contributed by atoms with Crippen LogP contribution >= 0.6 is 23.2 Å². The molecule has 2 amide bonds. The summed E-state index contributed by atoms with van der Waals surface area (Å²) in [6, 6.07) is 5.70. The number of rotatable bonds is 6. The highest BCUT2D eigenvalue weighted by Crippen LogP contribution is 2.36. The standard InChI is InChI=1S/C19H25Cl2N3O3/c1-2-27-19(26)24-14-4-5-15(24)11-13(10-14)22-7-8-23-18(25)12-3-6-16(20)17(21)9-12/h3,6,9,13-15,22H,2,4-5,7-8,10-11H2,1H3,(H,23,25). The van der Waals surface area contributed by atoms with Crippen molar-refractivity contribution in [2.24, 2.45) is 0 Å². The van der Waals surface area contributed by atoms with Crippen LogP contribution in [0.1, 0.15) is 43.0 Å². The molecule has 1 aromatic rings. The van der Waals surface area contributed by atoms with Crippen molar-refractivity contribution in [3.05, 3.63) is 33.8 Å². The summed E-state index contributed by atoms with van der Waals surface area (Å²) in [7, 11) is 0. The van der Waals surface area contributed by atoms with Crippen LogP contribution in [0, 0.1) is 0 Å². The van der Waals surface area contributed by atoms with E-state index < -0.39 is 0 Å². The number of fused-ring (bicyclic) bond motifs is 2. The van der Waals surface area contributed by atoms with Gasteiger partial charge in [-0.2, -0.15) is 0 Å². The van der Waals surface area contributed by atoms with E-state index in [9.17, 15) is 9.59 Å². The van der Waals surface area contributed by atoms with E-state index in [0.717, 1.165) is 25.7 Å². The van der Waals surface area contributed by atoms with Gasteiger partial charge in [-0.15, -0.1) is 0 Å². The Balaban J connectivity index is 1.41. The number of carbonyl (C=O) groups excluding carboxylic acids is 2. The van der Waals surface area contributed by atoms with Gasteiger partial charge in [0.05, 0.1) is 16.7 Å². The van der Waals surface area contributed by atoms with Crippen LogP contribution in [0.15, 0.2) is 18.2 Å². The fourth-order valence-electron chi connectivity index (χ4n) is 4.03. The summed E-state index contributed by atoms with van der Waals surface area (Å²) in [6.45, 7) is 3.44. The number of piperidine rings is 1. The highest BCUT2D eigenvalue weighted by molar-refractivity contribution is 6.42. The molecule has 2 atom stereocenters. The van der Waals surface area contributed by atoms with Crippen LogP contribution in [0.5, 0.6) is 0 Å². The van der Waals surface area contributed by atoms with Crippen LogP contribution in [0.3, 0.4) is 0 Å². The van der Waals surface area contributed by atoms with Crippen molar-refractivity contribution >= 4 is 35.2 Å². The van der Waals surface area contributed by atoms with Crippen molar-refractivity contribution in [3.8, 4) is 0 Å². The summed E-state index contributed by atoms with van der Waals surface area (Å²) in [5.41, 5.74) is 0.491. The van der Waals surface area contributed by atoms with E-state index in [1.165, 1.54) is 0 Å². The first-order chi connectivity index (χ1) is 13.0. The van der Waals surface area contributed by atoms with Gasteiger partial charge in [-0.25, -0.2) is 4.79 Å². The normalized spacial score (nSPS) is 24.0. The zero-order valence-corrected chi connectivity index (χ0v) is 16.9. The number of halogens is 2. The summed E-state index contributed by atoms with van der Waals surface area (Å²) in [6.07, 6.45) is 3.75. The first-order valence-corrected chi connectivity index (χ1v) is 10.2. The Hall–Kier alpha value is -1.50. The van der Waals surface area contributed by atoms with Crippen molar-refractivity contribution in [3.63, 3.8) is 0 Å². The molecular formula is C19H25Cl2N3O3. The minimum absolute atomic E-state index is 0.174. The van der Waals surface area contributed by atoms with Gasteiger partial charge < -0.3 is 20.3 Å². The summed E-state index contributed by atoms with van der Waals surface area (Å²) < 4.78 is 5.18. The maximum Gasteiger partial charge on any atom is 0.410 e. The molecule has 2 saturated heterocycles. The molecular weight excluding hydrogens is 389 g/mol. The lowest BCUT2D eigenvalue weighted by Crippen LogP contribution is -2.52. The van der Waals surface area contributed by atoms with Crippen molar-refractivity contribution in [2.75, 3.05) is 19.7 Å². The Morgan fingerprint density at radius 1 is 1.15 bits per heavy atom. The largest absolute Gasteiger partial charge is 0.450 e. The Labute approximate surface area is 169 Å². The summed E-state index contributed by atoms with van der Waals surface area (Å²) in [5.74, 6) is -0.174. The zero-order valence-electron chi connectivity index (χ0n) is 15.3. The number of benzene rings is 1. The molecule has 1 aromatic carbocycles. The fourth-order valence-corrected chi connectivity index (χ4v) is 4.33. The van der Waals surface area contributed by atoms with Gasteiger partial charge in [-0.05, 0) is 50.8 Å². The van der Waals surface area contributed by atoms with Crippen molar-refractivity contribution in [1.29, 1.82) is 0 Å². The number of amides is 2. The van der Waals surface area contributed by atoms with E-state index in [2.05, 4.69) is 10.6 Å². The van der Waals surface area contributed by atoms with Crippen molar-refractivity contribution in [1.82, 2.24) is 15.5 Å². The summed E-state index contributed by atoms with van der Waals surface area (Å²) in [5, 5.41) is 7.18. The van der Waals surface area contributed by atoms with Gasteiger partial charge in [0.1, 0.15) is 0 Å². The van der Waals surface area contributed by atoms with Gasteiger partial charge >= 0.3 is 6.09 Å². The van der Waals surface area contributed by atoms with Gasteiger partial charge in [-0.1, -0.05) is 23.2 Å². The van der Waals surface area contributed by atoms with E-state index in [1.54, 1.807) is 18.2 Å². The average Bonchev–Trinajstić information content (AvgIpc) is 2.92. The summed E-state index contributed by atoms with van der Waals surface area (Å²) >= 11 is 11.8. The Kier molecular flexibility index (Phi) is 6.84. The molecule has 2 aliphatic rings. The van der Waals surface area contributed by atoms with E-state index >= 15 is 0 Å². The van der Waals surface area contributed by atoms with Crippen LogP contribution in [0.4, 0.5) is 4.79 Å². The Bertz CT molecular complexity index is 687. The third kappa shape index (κ3) is 4.86. The molecule has 2 heterocycles. The van der Waals surface area contributed by atoms with Gasteiger partial charge in [0.2, 0.25) is 0 Å². The Morgan fingerprint density at radius 2 is 1.85 bits per heavy atom. The van der Waals surface area contributed by atoms with Gasteiger partial charge in [-0.3, -0.25) is 4.79 Å². The molecule has 2 N–H and O–H groups in total. The monoisotopic (exact) mass is 413 g/mol. The molecule has 2 aliphatic heterocycles. The third-order valence-electron chi connectivity index (χ3n) is 5.24. The maximum atomic E-state index is 12.2. The van der Waals surface area contributed by atoms with E-state index in [-0.39, 0.29) is 24.1 Å². The predicted octanol–water partition coefficient (Wildman–Crippen LogP) is 3.46. The lowest BCUT2D eigenvalue weighted by atomic mass is 9.98. The first-order valence-electron chi connectivity index (χ1n) is 9.41. The predicted molar refractivity (Wildman–Crippen MR) is 105 cm³/mol. The van der Waals surface area contributed by atoms with Crippen LogP contribution < -0.4 is 10.6 Å². The van der Waals surface area contributed by atoms with Gasteiger partial charge in [0.25, 0.3) is 5.91 Å². The molecule has 0 radical (unpaired) electrons.